The Kier molecular flexibility index (Phi) is 7.43. The fourth-order valence-electron chi connectivity index (χ4n) is 3.51. The molecule has 0 aromatic heterocycles. The molecule has 0 spiro atoms. The molecular weight excluding hydrogens is 353 g/mol. The molecule has 1 fully saturated rings. The highest BCUT2D eigenvalue weighted by Gasteiger charge is 2.27. The number of benzene rings is 2. The first-order valence-electron chi connectivity index (χ1n) is 10.1. The van der Waals surface area contributed by atoms with Crippen molar-refractivity contribution in [3.8, 4) is 0 Å². The van der Waals surface area contributed by atoms with Gasteiger partial charge >= 0.3 is 0 Å². The maximum absolute atomic E-state index is 13.1. The predicted molar refractivity (Wildman–Crippen MR) is 112 cm³/mol. The zero-order valence-corrected chi connectivity index (χ0v) is 16.7. The van der Waals surface area contributed by atoms with Gasteiger partial charge in [-0.15, -0.1) is 0 Å². The monoisotopic (exact) mass is 383 g/mol. The summed E-state index contributed by atoms with van der Waals surface area (Å²) >= 11 is 0. The van der Waals surface area contributed by atoms with Crippen molar-refractivity contribution in [3.63, 3.8) is 0 Å². The van der Waals surface area contributed by atoms with E-state index in [1.807, 2.05) is 6.92 Å². The van der Waals surface area contributed by atoms with E-state index in [2.05, 4.69) is 46.8 Å². The van der Waals surface area contributed by atoms with Crippen LogP contribution in [0.1, 0.15) is 42.6 Å². The van der Waals surface area contributed by atoms with Crippen molar-refractivity contribution in [3.05, 3.63) is 71.0 Å². The van der Waals surface area contributed by atoms with Gasteiger partial charge in [0.2, 0.25) is 0 Å². The van der Waals surface area contributed by atoms with Crippen LogP contribution in [0.5, 0.6) is 0 Å². The van der Waals surface area contributed by atoms with Crippen molar-refractivity contribution in [1.29, 1.82) is 0 Å². The van der Waals surface area contributed by atoms with Crippen molar-refractivity contribution in [2.75, 3.05) is 19.7 Å². The minimum absolute atomic E-state index is 0.113. The molecule has 2 unspecified atom stereocenters. The average molecular weight is 384 g/mol. The molecule has 2 atom stereocenters. The molecule has 0 saturated carbocycles. The number of rotatable bonds is 6. The van der Waals surface area contributed by atoms with Crippen LogP contribution in [0.2, 0.25) is 0 Å². The molecule has 2 aromatic carbocycles. The number of nitrogens with zero attached hydrogens (tertiary/aromatic N) is 1. The number of hydrogen-bond donors (Lipinski definition) is 2. The van der Waals surface area contributed by atoms with E-state index in [9.17, 15) is 4.39 Å². The molecule has 0 bridgehead atoms. The van der Waals surface area contributed by atoms with Crippen LogP contribution >= 0.6 is 0 Å². The van der Waals surface area contributed by atoms with Crippen LogP contribution in [0.3, 0.4) is 0 Å². The number of hydrogen-bond acceptors (Lipinski definition) is 2. The molecule has 4 nitrogen and oxygen atoms in total. The molecule has 2 N–H and O–H groups in total. The summed E-state index contributed by atoms with van der Waals surface area (Å²) < 4.78 is 19.2. The van der Waals surface area contributed by atoms with E-state index in [0.717, 1.165) is 44.1 Å². The molecule has 1 heterocycles. The molecule has 5 heteroatoms. The Morgan fingerprint density at radius 2 is 1.86 bits per heavy atom. The van der Waals surface area contributed by atoms with Crippen molar-refractivity contribution in [1.82, 2.24) is 10.6 Å². The smallest absolute Gasteiger partial charge is 0.191 e. The first kappa shape index (κ1) is 20.3. The van der Waals surface area contributed by atoms with Gasteiger partial charge in [0, 0.05) is 25.6 Å². The van der Waals surface area contributed by atoms with Gasteiger partial charge in [0.25, 0.3) is 0 Å². The highest BCUT2D eigenvalue weighted by Crippen LogP contribution is 2.33. The van der Waals surface area contributed by atoms with Crippen LogP contribution in [-0.4, -0.2) is 25.7 Å². The van der Waals surface area contributed by atoms with E-state index in [1.54, 1.807) is 12.1 Å². The summed E-state index contributed by atoms with van der Waals surface area (Å²) in [6.45, 7) is 7.07. The van der Waals surface area contributed by atoms with E-state index < -0.39 is 0 Å². The number of aliphatic imine (C=N–C) groups is 1. The Balaban J connectivity index is 1.62. The topological polar surface area (TPSA) is 45.7 Å². The lowest BCUT2D eigenvalue weighted by Crippen LogP contribution is -2.42. The van der Waals surface area contributed by atoms with E-state index in [0.29, 0.717) is 12.5 Å². The molecule has 1 saturated heterocycles. The fourth-order valence-corrected chi connectivity index (χ4v) is 3.51. The Morgan fingerprint density at radius 3 is 2.57 bits per heavy atom. The molecule has 0 radical (unpaired) electrons. The van der Waals surface area contributed by atoms with Crippen molar-refractivity contribution >= 4 is 5.96 Å². The quantitative estimate of drug-likeness (QED) is 0.576. The van der Waals surface area contributed by atoms with Gasteiger partial charge in [-0.3, -0.25) is 0 Å². The minimum Gasteiger partial charge on any atom is -0.373 e. The second kappa shape index (κ2) is 10.2. The average Bonchev–Trinajstić information content (AvgIpc) is 2.72. The molecule has 0 amide bonds. The number of ether oxygens (including phenoxy) is 1. The fraction of sp³-hybridized carbons (Fsp3) is 0.435. The Morgan fingerprint density at radius 1 is 1.11 bits per heavy atom. The van der Waals surface area contributed by atoms with Gasteiger partial charge in [0.1, 0.15) is 5.82 Å². The largest absolute Gasteiger partial charge is 0.373 e. The van der Waals surface area contributed by atoms with Gasteiger partial charge in [0.05, 0.1) is 12.6 Å². The lowest BCUT2D eigenvalue weighted by molar-refractivity contribution is -0.0265. The lowest BCUT2D eigenvalue weighted by Gasteiger charge is -2.32. The maximum Gasteiger partial charge on any atom is 0.191 e. The first-order valence-corrected chi connectivity index (χ1v) is 10.1. The van der Waals surface area contributed by atoms with Crippen LogP contribution in [0, 0.1) is 18.7 Å². The molecule has 1 aliphatic heterocycles. The van der Waals surface area contributed by atoms with Gasteiger partial charge < -0.3 is 15.4 Å². The first-order chi connectivity index (χ1) is 13.7. The third-order valence-corrected chi connectivity index (χ3v) is 5.06. The van der Waals surface area contributed by atoms with Gasteiger partial charge in [-0.05, 0) is 49.9 Å². The van der Waals surface area contributed by atoms with Gasteiger partial charge in [-0.2, -0.15) is 0 Å². The van der Waals surface area contributed by atoms with Crippen LogP contribution < -0.4 is 10.6 Å². The van der Waals surface area contributed by atoms with Crippen LogP contribution in [0.4, 0.5) is 4.39 Å². The van der Waals surface area contributed by atoms with Gasteiger partial charge in [0.15, 0.2) is 5.96 Å². The number of halogens is 1. The molecule has 28 heavy (non-hydrogen) atoms. The lowest BCUT2D eigenvalue weighted by atomic mass is 9.89. The van der Waals surface area contributed by atoms with Crippen molar-refractivity contribution in [2.45, 2.75) is 39.3 Å². The SMILES string of the molecule is CCNC(=NCc1ccc(F)cc1)NCC1CCCOC1c1ccc(C)cc1. The second-order valence-electron chi connectivity index (χ2n) is 7.31. The highest BCUT2D eigenvalue weighted by atomic mass is 19.1. The summed E-state index contributed by atoms with van der Waals surface area (Å²) in [4.78, 5) is 4.64. The Bertz CT molecular complexity index is 758. The third-order valence-electron chi connectivity index (χ3n) is 5.06. The van der Waals surface area contributed by atoms with E-state index in [-0.39, 0.29) is 11.9 Å². The summed E-state index contributed by atoms with van der Waals surface area (Å²) in [5.41, 5.74) is 3.49. The van der Waals surface area contributed by atoms with Crippen LogP contribution in [0.15, 0.2) is 53.5 Å². The highest BCUT2D eigenvalue weighted by molar-refractivity contribution is 5.79. The summed E-state index contributed by atoms with van der Waals surface area (Å²) in [6, 6.07) is 15.1. The summed E-state index contributed by atoms with van der Waals surface area (Å²) in [5, 5.41) is 6.76. The molecule has 3 rings (SSSR count). The van der Waals surface area contributed by atoms with Crippen molar-refractivity contribution in [2.24, 2.45) is 10.9 Å². The zero-order chi connectivity index (χ0) is 19.8. The molecule has 1 aliphatic rings. The van der Waals surface area contributed by atoms with E-state index >= 15 is 0 Å². The zero-order valence-electron chi connectivity index (χ0n) is 16.7. The van der Waals surface area contributed by atoms with Gasteiger partial charge in [-0.25, -0.2) is 9.38 Å². The third kappa shape index (κ3) is 5.80. The summed E-state index contributed by atoms with van der Waals surface area (Å²) in [6.07, 6.45) is 2.32. The van der Waals surface area contributed by atoms with E-state index in [4.69, 9.17) is 4.74 Å². The van der Waals surface area contributed by atoms with Crippen molar-refractivity contribution < 1.29 is 9.13 Å². The predicted octanol–water partition coefficient (Wildman–Crippen LogP) is 4.36. The molecule has 2 aromatic rings. The second-order valence-corrected chi connectivity index (χ2v) is 7.31. The minimum atomic E-state index is -0.225. The molecular formula is C23H30FN3O. The molecule has 0 aliphatic carbocycles. The Hall–Kier alpha value is -2.40. The number of guanidine groups is 1. The van der Waals surface area contributed by atoms with Gasteiger partial charge in [-0.1, -0.05) is 42.0 Å². The number of aryl methyl sites for hydroxylation is 1. The summed E-state index contributed by atoms with van der Waals surface area (Å²) in [5.74, 6) is 0.948. The molecule has 150 valence electrons. The maximum atomic E-state index is 13.1. The van der Waals surface area contributed by atoms with Crippen LogP contribution in [0.25, 0.3) is 0 Å². The standard InChI is InChI=1S/C23H30FN3O/c1-3-25-23(26-15-18-8-12-21(24)13-9-18)27-16-20-5-4-14-28-22(20)19-10-6-17(2)7-11-19/h6-13,20,22H,3-5,14-16H2,1-2H3,(H2,25,26,27). The number of nitrogens with one attached hydrogen (secondary N) is 2. The normalized spacial score (nSPS) is 20.0. The van der Waals surface area contributed by atoms with E-state index in [1.165, 1.54) is 23.3 Å². The van der Waals surface area contributed by atoms with Crippen LogP contribution in [-0.2, 0) is 11.3 Å². The Labute approximate surface area is 167 Å². The summed E-state index contributed by atoms with van der Waals surface area (Å²) in [7, 11) is 0.